The van der Waals surface area contributed by atoms with Gasteiger partial charge in [0.25, 0.3) is 0 Å². The molecule has 8 heteroatoms. The van der Waals surface area contributed by atoms with Gasteiger partial charge < -0.3 is 23.8 Å². The van der Waals surface area contributed by atoms with E-state index in [1.54, 1.807) is 0 Å². The number of carbonyl (C=O) groups excluding carboxylic acids is 2. The van der Waals surface area contributed by atoms with Gasteiger partial charge in [0, 0.05) is 19.3 Å². The number of hydrogen-bond acceptors (Lipinski definition) is 6. The molecule has 53 heavy (non-hydrogen) atoms. The molecule has 0 aliphatic heterocycles. The minimum atomic E-state index is -0.881. The van der Waals surface area contributed by atoms with Crippen LogP contribution in [-0.2, 0) is 28.6 Å². The van der Waals surface area contributed by atoms with Crippen LogP contribution in [0.15, 0.2) is 60.8 Å². The molecule has 0 aromatic rings. The van der Waals surface area contributed by atoms with Crippen molar-refractivity contribution in [2.45, 2.75) is 167 Å². The molecule has 0 heterocycles. The van der Waals surface area contributed by atoms with E-state index in [4.69, 9.17) is 14.2 Å². The van der Waals surface area contributed by atoms with Crippen LogP contribution in [0.3, 0.4) is 0 Å². The first-order valence-corrected chi connectivity index (χ1v) is 20.9. The standard InChI is InChI=1S/C45H77NO7/c1-6-8-10-12-14-16-18-19-20-21-22-23-24-26-27-29-31-33-35-43(47)52-40-41(39-51-38-37-42(45(49)50)46(3,4)5)53-44(48)36-34-32-30-28-25-17-15-13-11-9-7-2/h10,12,14,16,18-23,41-42H,6-9,11,13,15,17,24-40H2,1-5H3/p+1/b12-10+,16-14+,19-18+,21-20+,23-22+. The van der Waals surface area contributed by atoms with Crippen LogP contribution in [0.4, 0.5) is 0 Å². The number of rotatable bonds is 36. The van der Waals surface area contributed by atoms with Gasteiger partial charge in [-0.25, -0.2) is 4.79 Å². The third-order valence-electron chi connectivity index (χ3n) is 9.03. The first kappa shape index (κ1) is 50.0. The Morgan fingerprint density at radius 2 is 1.04 bits per heavy atom. The van der Waals surface area contributed by atoms with Crippen LogP contribution in [0.2, 0.25) is 0 Å². The second-order valence-corrected chi connectivity index (χ2v) is 15.0. The summed E-state index contributed by atoms with van der Waals surface area (Å²) >= 11 is 0. The van der Waals surface area contributed by atoms with Gasteiger partial charge in [-0.05, 0) is 32.1 Å². The van der Waals surface area contributed by atoms with Gasteiger partial charge in [0.1, 0.15) is 6.61 Å². The van der Waals surface area contributed by atoms with Gasteiger partial charge >= 0.3 is 17.9 Å². The SMILES string of the molecule is CCC/C=C/C=C/C=C/C=C/C=C/CCCCCCCC(=O)OCC(COCCC(C(=O)O)[N+](C)(C)C)OC(=O)CCCCCCCCCCCCC. The lowest BCUT2D eigenvalue weighted by atomic mass is 10.1. The molecule has 0 spiro atoms. The minimum Gasteiger partial charge on any atom is -0.477 e. The Morgan fingerprint density at radius 1 is 0.566 bits per heavy atom. The van der Waals surface area contributed by atoms with Gasteiger partial charge in [-0.1, -0.05) is 164 Å². The second kappa shape index (κ2) is 36.0. The Balaban J connectivity index is 4.42. The minimum absolute atomic E-state index is 0.0516. The van der Waals surface area contributed by atoms with Crippen molar-refractivity contribution in [1.82, 2.24) is 0 Å². The van der Waals surface area contributed by atoms with E-state index in [1.807, 2.05) is 57.6 Å². The summed E-state index contributed by atoms with van der Waals surface area (Å²) in [5.74, 6) is -1.50. The summed E-state index contributed by atoms with van der Waals surface area (Å²) in [7, 11) is 5.51. The van der Waals surface area contributed by atoms with Gasteiger partial charge in [-0.15, -0.1) is 0 Å². The molecule has 0 saturated heterocycles. The summed E-state index contributed by atoms with van der Waals surface area (Å²) in [6, 6.07) is -0.619. The van der Waals surface area contributed by atoms with Crippen LogP contribution in [-0.4, -0.2) is 80.6 Å². The van der Waals surface area contributed by atoms with Crippen LogP contribution in [0.25, 0.3) is 0 Å². The van der Waals surface area contributed by atoms with E-state index in [0.717, 1.165) is 64.2 Å². The van der Waals surface area contributed by atoms with Crippen molar-refractivity contribution in [2.24, 2.45) is 0 Å². The molecule has 0 radical (unpaired) electrons. The molecule has 0 aliphatic carbocycles. The van der Waals surface area contributed by atoms with Gasteiger partial charge in [0.2, 0.25) is 0 Å². The number of hydrogen-bond donors (Lipinski definition) is 1. The molecule has 0 aromatic carbocycles. The number of aliphatic carboxylic acids is 1. The molecule has 0 bridgehead atoms. The second-order valence-electron chi connectivity index (χ2n) is 15.0. The van der Waals surface area contributed by atoms with Crippen LogP contribution in [0.1, 0.15) is 155 Å². The number of allylic oxidation sites excluding steroid dienone is 10. The fourth-order valence-corrected chi connectivity index (χ4v) is 5.77. The van der Waals surface area contributed by atoms with Gasteiger partial charge in [0.15, 0.2) is 12.1 Å². The van der Waals surface area contributed by atoms with Crippen LogP contribution >= 0.6 is 0 Å². The number of ether oxygens (including phenoxy) is 3. The normalized spacial score (nSPS) is 13.6. The Kier molecular flexibility index (Phi) is 34.0. The van der Waals surface area contributed by atoms with Crippen LogP contribution < -0.4 is 0 Å². The fraction of sp³-hybridized carbons (Fsp3) is 0.711. The number of esters is 2. The third kappa shape index (κ3) is 34.5. The molecule has 0 amide bonds. The van der Waals surface area contributed by atoms with Crippen molar-refractivity contribution >= 4 is 17.9 Å². The molecular weight excluding hydrogens is 666 g/mol. The van der Waals surface area contributed by atoms with E-state index in [0.29, 0.717) is 19.3 Å². The topological polar surface area (TPSA) is 99.1 Å². The van der Waals surface area contributed by atoms with Gasteiger partial charge in [-0.3, -0.25) is 9.59 Å². The molecule has 0 rings (SSSR count). The fourth-order valence-electron chi connectivity index (χ4n) is 5.77. The number of carboxylic acids is 1. The van der Waals surface area contributed by atoms with Crippen molar-refractivity contribution in [2.75, 3.05) is 41.0 Å². The lowest BCUT2D eigenvalue weighted by Gasteiger charge is -2.31. The van der Waals surface area contributed by atoms with Crippen molar-refractivity contribution in [1.29, 1.82) is 0 Å². The number of carbonyl (C=O) groups is 3. The molecule has 1 N–H and O–H groups in total. The lowest BCUT2D eigenvalue weighted by Crippen LogP contribution is -2.50. The van der Waals surface area contributed by atoms with E-state index in [-0.39, 0.29) is 36.2 Å². The maximum atomic E-state index is 12.7. The van der Waals surface area contributed by atoms with Crippen LogP contribution in [0, 0.1) is 0 Å². The largest absolute Gasteiger partial charge is 0.477 e. The molecule has 0 aromatic heterocycles. The Hall–Kier alpha value is -2.97. The smallest absolute Gasteiger partial charge is 0.362 e. The van der Waals surface area contributed by atoms with Crippen molar-refractivity contribution in [3.63, 3.8) is 0 Å². The molecule has 0 aliphatic rings. The average molecular weight is 745 g/mol. The maximum absolute atomic E-state index is 12.7. The number of unbranched alkanes of at least 4 members (excludes halogenated alkanes) is 16. The molecule has 2 unspecified atom stereocenters. The molecule has 0 saturated carbocycles. The zero-order valence-electron chi connectivity index (χ0n) is 34.4. The summed E-state index contributed by atoms with van der Waals surface area (Å²) in [6.45, 7) is 4.60. The van der Waals surface area contributed by atoms with Crippen molar-refractivity contribution < 1.29 is 38.2 Å². The first-order valence-electron chi connectivity index (χ1n) is 20.9. The molecule has 304 valence electrons. The number of nitrogens with zero attached hydrogens (tertiary/aromatic N) is 1. The molecular formula is C45H78NO7+. The van der Waals surface area contributed by atoms with Crippen molar-refractivity contribution in [3.05, 3.63) is 60.8 Å². The van der Waals surface area contributed by atoms with Crippen molar-refractivity contribution in [3.8, 4) is 0 Å². The zero-order chi connectivity index (χ0) is 39.3. The molecule has 0 fully saturated rings. The lowest BCUT2D eigenvalue weighted by molar-refractivity contribution is -0.887. The number of carboxylic acid groups (broad SMARTS) is 1. The maximum Gasteiger partial charge on any atom is 0.362 e. The zero-order valence-corrected chi connectivity index (χ0v) is 34.4. The van der Waals surface area contributed by atoms with Crippen LogP contribution in [0.5, 0.6) is 0 Å². The number of quaternary nitrogens is 1. The predicted octanol–water partition coefficient (Wildman–Crippen LogP) is 11.0. The number of likely N-dealkylation sites (N-methyl/N-ethyl adjacent to an activating group) is 1. The molecule has 8 nitrogen and oxygen atoms in total. The highest BCUT2D eigenvalue weighted by Crippen LogP contribution is 2.14. The van der Waals surface area contributed by atoms with Gasteiger partial charge in [-0.2, -0.15) is 0 Å². The highest BCUT2D eigenvalue weighted by molar-refractivity contribution is 5.72. The summed E-state index contributed by atoms with van der Waals surface area (Å²) in [5.41, 5.74) is 0. The Labute approximate surface area is 324 Å². The third-order valence-corrected chi connectivity index (χ3v) is 9.03. The quantitative estimate of drug-likeness (QED) is 0.0295. The highest BCUT2D eigenvalue weighted by atomic mass is 16.6. The summed E-state index contributed by atoms with van der Waals surface area (Å²) in [5, 5.41) is 9.60. The predicted molar refractivity (Wildman–Crippen MR) is 220 cm³/mol. The highest BCUT2D eigenvalue weighted by Gasteiger charge is 2.31. The summed E-state index contributed by atoms with van der Waals surface area (Å²) in [4.78, 5) is 36.9. The summed E-state index contributed by atoms with van der Waals surface area (Å²) < 4.78 is 17.2. The Bertz CT molecular complexity index is 1050. The van der Waals surface area contributed by atoms with E-state index >= 15 is 0 Å². The monoisotopic (exact) mass is 745 g/mol. The summed E-state index contributed by atoms with van der Waals surface area (Å²) in [6.07, 6.45) is 42.5. The first-order chi connectivity index (χ1) is 25.6. The van der Waals surface area contributed by atoms with Gasteiger partial charge in [0.05, 0.1) is 34.4 Å². The molecule has 2 atom stereocenters. The Morgan fingerprint density at radius 3 is 1.55 bits per heavy atom. The average Bonchev–Trinajstić information content (AvgIpc) is 3.11. The van der Waals surface area contributed by atoms with E-state index in [9.17, 15) is 19.5 Å². The van der Waals surface area contributed by atoms with E-state index in [2.05, 4.69) is 38.2 Å². The van der Waals surface area contributed by atoms with E-state index in [1.165, 1.54) is 57.8 Å². The van der Waals surface area contributed by atoms with E-state index < -0.39 is 18.1 Å².